The lowest BCUT2D eigenvalue weighted by molar-refractivity contribution is -0.139. The molecular weight excluding hydrogens is 260 g/mol. The Hall–Kier alpha value is -2.18. The Kier molecular flexibility index (Phi) is 6.42. The van der Waals surface area contributed by atoms with Crippen LogP contribution >= 0.6 is 0 Å². The molecule has 3 N–H and O–H groups in total. The fourth-order valence-corrected chi connectivity index (χ4v) is 1.65. The van der Waals surface area contributed by atoms with Crippen LogP contribution in [0.15, 0.2) is 12.3 Å². The molecule has 0 saturated carbocycles. The van der Waals surface area contributed by atoms with Crippen LogP contribution in [0.3, 0.4) is 0 Å². The number of amides is 2. The van der Waals surface area contributed by atoms with Crippen molar-refractivity contribution in [1.82, 2.24) is 20.6 Å². The molecule has 0 aliphatic carbocycles. The van der Waals surface area contributed by atoms with Crippen molar-refractivity contribution in [3.05, 3.63) is 23.8 Å². The van der Waals surface area contributed by atoms with Crippen LogP contribution in [0.1, 0.15) is 37.7 Å². The lowest BCUT2D eigenvalue weighted by Gasteiger charge is -2.14. The van der Waals surface area contributed by atoms with Crippen LogP contribution in [0.5, 0.6) is 0 Å². The third-order valence-corrected chi connectivity index (χ3v) is 2.71. The van der Waals surface area contributed by atoms with E-state index in [1.807, 2.05) is 6.92 Å². The molecule has 1 aromatic rings. The van der Waals surface area contributed by atoms with Gasteiger partial charge in [-0.2, -0.15) is 0 Å². The lowest BCUT2D eigenvalue weighted by atomic mass is 10.1. The number of rotatable bonds is 7. The Labute approximate surface area is 117 Å². The lowest BCUT2D eigenvalue weighted by Crippen LogP contribution is -2.45. The number of carboxylic acids is 1. The molecule has 1 atom stereocenters. The third kappa shape index (κ3) is 5.64. The molecule has 2 amide bonds. The van der Waals surface area contributed by atoms with Gasteiger partial charge in [0.05, 0.1) is 12.2 Å². The number of urea groups is 1. The number of hydrogen-bond donors (Lipinski definition) is 3. The average molecular weight is 280 g/mol. The Morgan fingerprint density at radius 1 is 1.45 bits per heavy atom. The Morgan fingerprint density at radius 2 is 2.20 bits per heavy atom. The summed E-state index contributed by atoms with van der Waals surface area (Å²) in [5, 5.41) is 14.0. The van der Waals surface area contributed by atoms with Gasteiger partial charge in [-0.25, -0.2) is 19.6 Å². The van der Waals surface area contributed by atoms with E-state index in [1.165, 1.54) is 0 Å². The molecule has 110 valence electrons. The highest BCUT2D eigenvalue weighted by molar-refractivity contribution is 5.82. The monoisotopic (exact) mass is 280 g/mol. The molecule has 0 bridgehead atoms. The van der Waals surface area contributed by atoms with Gasteiger partial charge in [0, 0.05) is 6.20 Å². The molecule has 0 fully saturated rings. The number of unbranched alkanes of at least 4 members (excludes halogenated alkanes) is 1. The molecule has 1 rings (SSSR count). The second-order valence-electron chi connectivity index (χ2n) is 4.46. The van der Waals surface area contributed by atoms with E-state index < -0.39 is 18.0 Å². The first-order valence-electron chi connectivity index (χ1n) is 6.58. The van der Waals surface area contributed by atoms with Crippen LogP contribution < -0.4 is 10.6 Å². The smallest absolute Gasteiger partial charge is 0.326 e. The summed E-state index contributed by atoms with van der Waals surface area (Å²) in [5.41, 5.74) is 0.674. The Balaban J connectivity index is 2.43. The normalized spacial score (nSPS) is 11.7. The standard InChI is InChI=1S/C13H20N4O3/c1-3-4-5-11(12(18)19)17-13(20)15-8-10-6-7-14-9(2)16-10/h6-7,11H,3-5,8H2,1-2H3,(H,18,19)(H2,15,17,20)/t11-/m0/s1. The maximum atomic E-state index is 11.7. The fraction of sp³-hybridized carbons (Fsp3) is 0.538. The van der Waals surface area contributed by atoms with Crippen molar-refractivity contribution in [1.29, 1.82) is 0 Å². The van der Waals surface area contributed by atoms with E-state index in [9.17, 15) is 9.59 Å². The van der Waals surface area contributed by atoms with E-state index in [0.717, 1.165) is 12.8 Å². The zero-order valence-corrected chi connectivity index (χ0v) is 11.7. The summed E-state index contributed by atoms with van der Waals surface area (Å²) in [6.45, 7) is 3.96. The van der Waals surface area contributed by atoms with Crippen LogP contribution in [-0.2, 0) is 11.3 Å². The van der Waals surface area contributed by atoms with Crippen molar-refractivity contribution in [2.75, 3.05) is 0 Å². The van der Waals surface area contributed by atoms with E-state index in [0.29, 0.717) is 17.9 Å². The minimum absolute atomic E-state index is 0.231. The summed E-state index contributed by atoms with van der Waals surface area (Å²) in [5.74, 6) is -0.400. The molecule has 1 heterocycles. The molecule has 20 heavy (non-hydrogen) atoms. The van der Waals surface area contributed by atoms with Gasteiger partial charge in [-0.1, -0.05) is 19.8 Å². The number of nitrogens with one attached hydrogen (secondary N) is 2. The van der Waals surface area contributed by atoms with E-state index in [1.54, 1.807) is 19.2 Å². The summed E-state index contributed by atoms with van der Waals surface area (Å²) in [6, 6.07) is 0.325. The molecule has 7 nitrogen and oxygen atoms in total. The highest BCUT2D eigenvalue weighted by atomic mass is 16.4. The van der Waals surface area contributed by atoms with Crippen LogP contribution in [0.25, 0.3) is 0 Å². The van der Waals surface area contributed by atoms with Crippen molar-refractivity contribution in [3.8, 4) is 0 Å². The first-order chi connectivity index (χ1) is 9.52. The van der Waals surface area contributed by atoms with Crippen LogP contribution in [-0.4, -0.2) is 33.1 Å². The number of nitrogens with zero attached hydrogens (tertiary/aromatic N) is 2. The van der Waals surface area contributed by atoms with Crippen LogP contribution in [0, 0.1) is 6.92 Å². The van der Waals surface area contributed by atoms with Gasteiger partial charge in [0.1, 0.15) is 11.9 Å². The number of carbonyl (C=O) groups is 2. The van der Waals surface area contributed by atoms with Crippen LogP contribution in [0.4, 0.5) is 4.79 Å². The quantitative estimate of drug-likeness (QED) is 0.696. The number of aromatic nitrogens is 2. The number of aryl methyl sites for hydroxylation is 1. The van der Waals surface area contributed by atoms with E-state index in [-0.39, 0.29) is 6.54 Å². The highest BCUT2D eigenvalue weighted by Gasteiger charge is 2.18. The van der Waals surface area contributed by atoms with Crippen molar-refractivity contribution in [3.63, 3.8) is 0 Å². The summed E-state index contributed by atoms with van der Waals surface area (Å²) in [7, 11) is 0. The average Bonchev–Trinajstić information content (AvgIpc) is 2.41. The van der Waals surface area contributed by atoms with Gasteiger partial charge in [0.25, 0.3) is 0 Å². The molecule has 0 saturated heterocycles. The summed E-state index contributed by atoms with van der Waals surface area (Å²) < 4.78 is 0. The van der Waals surface area contributed by atoms with Gasteiger partial charge < -0.3 is 15.7 Å². The molecular formula is C13H20N4O3. The molecule has 0 radical (unpaired) electrons. The van der Waals surface area contributed by atoms with Gasteiger partial charge in [-0.3, -0.25) is 0 Å². The third-order valence-electron chi connectivity index (χ3n) is 2.71. The first kappa shape index (κ1) is 15.9. The Morgan fingerprint density at radius 3 is 2.80 bits per heavy atom. The van der Waals surface area contributed by atoms with E-state index in [2.05, 4.69) is 20.6 Å². The van der Waals surface area contributed by atoms with Crippen LogP contribution in [0.2, 0.25) is 0 Å². The predicted octanol–water partition coefficient (Wildman–Crippen LogP) is 1.23. The second kappa shape index (κ2) is 8.08. The van der Waals surface area contributed by atoms with E-state index >= 15 is 0 Å². The molecule has 0 aliphatic heterocycles. The molecule has 0 unspecified atom stereocenters. The van der Waals surface area contributed by atoms with Gasteiger partial charge in [-0.05, 0) is 19.4 Å². The fourth-order valence-electron chi connectivity index (χ4n) is 1.65. The molecule has 7 heteroatoms. The zero-order valence-electron chi connectivity index (χ0n) is 11.7. The molecule has 0 aromatic carbocycles. The van der Waals surface area contributed by atoms with Gasteiger partial charge in [0.2, 0.25) is 0 Å². The number of aliphatic carboxylic acids is 1. The minimum Gasteiger partial charge on any atom is -0.480 e. The number of carboxylic acid groups (broad SMARTS) is 1. The van der Waals surface area contributed by atoms with Crippen molar-refractivity contribution >= 4 is 12.0 Å². The first-order valence-corrected chi connectivity index (χ1v) is 6.58. The van der Waals surface area contributed by atoms with Crippen molar-refractivity contribution < 1.29 is 14.7 Å². The SMILES string of the molecule is CCCC[C@H](NC(=O)NCc1ccnc(C)n1)C(=O)O. The zero-order chi connectivity index (χ0) is 15.0. The molecule has 0 aliphatic rings. The molecule has 0 spiro atoms. The number of carbonyl (C=O) groups excluding carboxylic acids is 1. The van der Waals surface area contributed by atoms with Crippen molar-refractivity contribution in [2.45, 2.75) is 45.7 Å². The molecule has 1 aromatic heterocycles. The predicted molar refractivity (Wildman–Crippen MR) is 73.1 cm³/mol. The van der Waals surface area contributed by atoms with Gasteiger partial charge in [-0.15, -0.1) is 0 Å². The summed E-state index contributed by atoms with van der Waals surface area (Å²) in [4.78, 5) is 30.7. The number of hydrogen-bond acceptors (Lipinski definition) is 4. The summed E-state index contributed by atoms with van der Waals surface area (Å²) >= 11 is 0. The van der Waals surface area contributed by atoms with E-state index in [4.69, 9.17) is 5.11 Å². The van der Waals surface area contributed by atoms with Crippen molar-refractivity contribution in [2.24, 2.45) is 0 Å². The summed E-state index contributed by atoms with van der Waals surface area (Å²) in [6.07, 6.45) is 3.67. The largest absolute Gasteiger partial charge is 0.480 e. The maximum Gasteiger partial charge on any atom is 0.326 e. The van der Waals surface area contributed by atoms with Gasteiger partial charge in [0.15, 0.2) is 0 Å². The minimum atomic E-state index is -1.02. The maximum absolute atomic E-state index is 11.7. The Bertz CT molecular complexity index is 465. The second-order valence-corrected chi connectivity index (χ2v) is 4.46. The topological polar surface area (TPSA) is 104 Å². The highest BCUT2D eigenvalue weighted by Crippen LogP contribution is 2.01. The van der Waals surface area contributed by atoms with Gasteiger partial charge >= 0.3 is 12.0 Å².